The molecule has 1 aromatic heterocycles. The monoisotopic (exact) mass is 724 g/mol. The summed E-state index contributed by atoms with van der Waals surface area (Å²) < 4.78 is 3.31. The van der Waals surface area contributed by atoms with E-state index in [1.54, 1.807) is 0 Å². The topological polar surface area (TPSA) is 189 Å². The van der Waals surface area contributed by atoms with Gasteiger partial charge >= 0.3 is 35.2 Å². The minimum absolute atomic E-state index is 0.138. The molecule has 1 rings (SSSR count). The number of amides is 6. The second-order valence-electron chi connectivity index (χ2n) is 13.2. The molecule has 6 amide bonds. The summed E-state index contributed by atoms with van der Waals surface area (Å²) in [5.41, 5.74) is -2.08. The Balaban J connectivity index is 3.05. The zero-order valence-electron chi connectivity index (χ0n) is 32.0. The lowest BCUT2D eigenvalue weighted by atomic mass is 10.1. The van der Waals surface area contributed by atoms with Crippen molar-refractivity contribution in [3.8, 4) is 0 Å². The maximum absolute atomic E-state index is 13.9. The van der Waals surface area contributed by atoms with Crippen LogP contribution in [0.4, 0.5) is 14.4 Å². The van der Waals surface area contributed by atoms with Gasteiger partial charge in [0, 0.05) is 45.8 Å². The molecule has 0 fully saturated rings. The first-order valence-corrected chi connectivity index (χ1v) is 19.8. The second-order valence-corrected chi connectivity index (χ2v) is 13.2. The van der Waals surface area contributed by atoms with Gasteiger partial charge in [0.25, 0.3) is 0 Å². The zero-order valence-corrected chi connectivity index (χ0v) is 32.0. The number of hydrogen-bond donors (Lipinski definition) is 6. The van der Waals surface area contributed by atoms with Crippen LogP contribution in [0.1, 0.15) is 149 Å². The smallest absolute Gasteiger partial charge is 0.338 e. The minimum Gasteiger partial charge on any atom is -0.338 e. The Morgan fingerprint density at radius 3 is 1.24 bits per heavy atom. The molecule has 1 aromatic rings. The predicted molar refractivity (Wildman–Crippen MR) is 203 cm³/mol. The van der Waals surface area contributed by atoms with E-state index in [-0.39, 0.29) is 25.2 Å². The summed E-state index contributed by atoms with van der Waals surface area (Å²) in [7, 11) is 0. The van der Waals surface area contributed by atoms with Crippen molar-refractivity contribution in [3.63, 3.8) is 0 Å². The Kier molecular flexibility index (Phi) is 25.6. The Morgan fingerprint density at radius 1 is 0.451 bits per heavy atom. The van der Waals surface area contributed by atoms with Crippen LogP contribution in [0.25, 0.3) is 0 Å². The lowest BCUT2D eigenvalue weighted by Gasteiger charge is -2.23. The van der Waals surface area contributed by atoms with Gasteiger partial charge in [-0.15, -0.1) is 0 Å². The number of nitrogens with zero attached hydrogens (tertiary/aromatic N) is 3. The van der Waals surface area contributed by atoms with Gasteiger partial charge in [-0.3, -0.25) is 0 Å². The Bertz CT molecular complexity index is 1220. The normalized spacial score (nSPS) is 11.5. The highest BCUT2D eigenvalue weighted by molar-refractivity contribution is 5.74. The lowest BCUT2D eigenvalue weighted by Crippen LogP contribution is -2.58. The molecule has 294 valence electrons. The van der Waals surface area contributed by atoms with Gasteiger partial charge in [0.15, 0.2) is 0 Å². The number of unbranched alkanes of at least 4 members (excludes halogenated alkanes) is 11. The average molecular weight is 724 g/mol. The molecule has 0 aromatic carbocycles. The highest BCUT2D eigenvalue weighted by Gasteiger charge is 2.23. The molecule has 0 aliphatic carbocycles. The first-order chi connectivity index (χ1) is 24.7. The zero-order chi connectivity index (χ0) is 37.7. The molecule has 0 saturated heterocycles. The number of rotatable bonds is 29. The molecule has 6 N–H and O–H groups in total. The summed E-state index contributed by atoms with van der Waals surface area (Å²) in [6.45, 7) is 11.3. The molecule has 1 unspecified atom stereocenters. The van der Waals surface area contributed by atoms with E-state index in [0.29, 0.717) is 58.4 Å². The fourth-order valence-corrected chi connectivity index (χ4v) is 5.52. The first-order valence-electron chi connectivity index (χ1n) is 19.8. The van der Waals surface area contributed by atoms with Crippen LogP contribution in [0, 0.1) is 0 Å². The van der Waals surface area contributed by atoms with Gasteiger partial charge in [-0.2, -0.15) is 0 Å². The van der Waals surface area contributed by atoms with Crippen molar-refractivity contribution in [1.82, 2.24) is 45.6 Å². The third-order valence-electron chi connectivity index (χ3n) is 8.66. The van der Waals surface area contributed by atoms with Gasteiger partial charge in [0.1, 0.15) is 6.17 Å². The van der Waals surface area contributed by atoms with Crippen LogP contribution < -0.4 is 49.0 Å². The molecule has 15 nitrogen and oxygen atoms in total. The average Bonchev–Trinajstić information content (AvgIpc) is 3.10. The van der Waals surface area contributed by atoms with Crippen LogP contribution in [0.3, 0.4) is 0 Å². The summed E-state index contributed by atoms with van der Waals surface area (Å²) in [6, 6.07) is -0.817. The van der Waals surface area contributed by atoms with Gasteiger partial charge in [-0.05, 0) is 57.8 Å². The van der Waals surface area contributed by atoms with Crippen LogP contribution >= 0.6 is 0 Å². The van der Waals surface area contributed by atoms with Crippen LogP contribution in [0.15, 0.2) is 14.4 Å². The van der Waals surface area contributed by atoms with Crippen molar-refractivity contribution in [1.29, 1.82) is 0 Å². The summed E-state index contributed by atoms with van der Waals surface area (Å²) in [4.78, 5) is 77.9. The quantitative estimate of drug-likeness (QED) is 0.0652. The van der Waals surface area contributed by atoms with E-state index >= 15 is 0 Å². The molecule has 0 spiro atoms. The van der Waals surface area contributed by atoms with E-state index in [0.717, 1.165) is 104 Å². The minimum atomic E-state index is -0.902. The molecule has 1 heterocycles. The number of urea groups is 3. The van der Waals surface area contributed by atoms with Gasteiger partial charge in [0.2, 0.25) is 0 Å². The van der Waals surface area contributed by atoms with Crippen LogP contribution in [0.2, 0.25) is 0 Å². The molecule has 0 radical (unpaired) electrons. The molecule has 0 bridgehead atoms. The Morgan fingerprint density at radius 2 is 0.824 bits per heavy atom. The number of carbonyl (C=O) groups is 3. The SMILES string of the molecule is CCCCCC(NC(=O)NCCCC)n1c(=O)n(CCCCCCNC(=O)NCCCC)c(=O)n(CCCCCCNC(=O)NCCCC)c1=O. The van der Waals surface area contributed by atoms with Crippen molar-refractivity contribution in [3.05, 3.63) is 31.5 Å². The van der Waals surface area contributed by atoms with Crippen LogP contribution in [-0.2, 0) is 13.1 Å². The summed E-state index contributed by atoms with van der Waals surface area (Å²) in [6.07, 6.45) is 13.2. The van der Waals surface area contributed by atoms with Crippen LogP contribution in [-0.4, -0.2) is 64.5 Å². The molecule has 0 aliphatic heterocycles. The van der Waals surface area contributed by atoms with Crippen molar-refractivity contribution in [2.24, 2.45) is 0 Å². The number of aromatic nitrogens is 3. The largest absolute Gasteiger partial charge is 0.338 e. The molecule has 15 heteroatoms. The van der Waals surface area contributed by atoms with Crippen LogP contribution in [0.5, 0.6) is 0 Å². The first kappa shape index (κ1) is 45.2. The molecule has 0 saturated carbocycles. The second kappa shape index (κ2) is 28.9. The number of hydrogen-bond acceptors (Lipinski definition) is 6. The van der Waals surface area contributed by atoms with E-state index < -0.39 is 29.3 Å². The lowest BCUT2D eigenvalue weighted by molar-refractivity contribution is 0.225. The van der Waals surface area contributed by atoms with Crippen molar-refractivity contribution >= 4 is 18.1 Å². The maximum Gasteiger partial charge on any atom is 0.338 e. The van der Waals surface area contributed by atoms with E-state index in [2.05, 4.69) is 52.7 Å². The van der Waals surface area contributed by atoms with Gasteiger partial charge in [0.05, 0.1) is 0 Å². The van der Waals surface area contributed by atoms with E-state index in [4.69, 9.17) is 0 Å². The van der Waals surface area contributed by atoms with Crippen molar-refractivity contribution in [2.75, 3.05) is 32.7 Å². The van der Waals surface area contributed by atoms with Crippen molar-refractivity contribution < 1.29 is 14.4 Å². The fraction of sp³-hybridized carbons (Fsp3) is 0.833. The highest BCUT2D eigenvalue weighted by Crippen LogP contribution is 2.10. The molecule has 1 atom stereocenters. The molecular formula is C36H69N9O6. The summed E-state index contributed by atoms with van der Waals surface area (Å²) >= 11 is 0. The predicted octanol–water partition coefficient (Wildman–Crippen LogP) is 4.67. The summed E-state index contributed by atoms with van der Waals surface area (Å²) in [5.74, 6) is 0. The Hall–Kier alpha value is -3.78. The number of nitrogens with one attached hydrogen (secondary N) is 6. The van der Waals surface area contributed by atoms with E-state index in [1.165, 1.54) is 0 Å². The Labute approximate surface area is 304 Å². The third-order valence-corrected chi connectivity index (χ3v) is 8.66. The van der Waals surface area contributed by atoms with E-state index in [1.807, 2.05) is 6.92 Å². The van der Waals surface area contributed by atoms with Gasteiger partial charge in [-0.25, -0.2) is 42.5 Å². The fourth-order valence-electron chi connectivity index (χ4n) is 5.52. The summed E-state index contributed by atoms with van der Waals surface area (Å²) in [5, 5.41) is 17.0. The molecular weight excluding hydrogens is 654 g/mol. The van der Waals surface area contributed by atoms with Gasteiger partial charge < -0.3 is 31.9 Å². The molecule has 51 heavy (non-hydrogen) atoms. The van der Waals surface area contributed by atoms with Gasteiger partial charge in [-0.1, -0.05) is 85.5 Å². The number of carbonyl (C=O) groups excluding carboxylic acids is 3. The highest BCUT2D eigenvalue weighted by atomic mass is 16.2. The molecule has 0 aliphatic rings. The standard InChI is InChI=1S/C36H69N9O6/c1-5-9-17-22-30(42-33(48)41-25-12-8-4)45-35(50)43(28-20-15-13-18-26-39-31(46)37-23-10-6-2)34(49)44(36(45)51)29-21-16-14-19-27-40-32(47)38-24-11-7-3/h30H,5-29H2,1-4H3,(H2,37,39,46)(H2,38,40,47)(H2,41,42,48). The maximum atomic E-state index is 13.9. The van der Waals surface area contributed by atoms with E-state index in [9.17, 15) is 28.8 Å². The van der Waals surface area contributed by atoms with Crippen molar-refractivity contribution in [2.45, 2.75) is 163 Å². The third kappa shape index (κ3) is 19.4.